The van der Waals surface area contributed by atoms with Gasteiger partial charge in [0.05, 0.1) is 5.92 Å². The molecular formula is C14H22N4O. The summed E-state index contributed by atoms with van der Waals surface area (Å²) in [5, 5.41) is 2.75. The third kappa shape index (κ3) is 3.30. The maximum atomic E-state index is 11.8. The monoisotopic (exact) mass is 262 g/mol. The van der Waals surface area contributed by atoms with E-state index in [9.17, 15) is 4.79 Å². The zero-order valence-corrected chi connectivity index (χ0v) is 11.4. The summed E-state index contributed by atoms with van der Waals surface area (Å²) in [4.78, 5) is 18.1. The van der Waals surface area contributed by atoms with Crippen molar-refractivity contribution in [3.63, 3.8) is 0 Å². The highest BCUT2D eigenvalue weighted by atomic mass is 16.1. The number of nitrogens with two attached hydrogens (primary N) is 1. The number of hydrogen-bond donors (Lipinski definition) is 2. The van der Waals surface area contributed by atoms with Crippen LogP contribution in [-0.4, -0.2) is 42.5 Å². The quantitative estimate of drug-likeness (QED) is 0.831. The smallest absolute Gasteiger partial charge is 0.224 e. The van der Waals surface area contributed by atoms with Crippen LogP contribution in [0.3, 0.4) is 0 Å². The van der Waals surface area contributed by atoms with Gasteiger partial charge in [0.25, 0.3) is 0 Å². The van der Waals surface area contributed by atoms with E-state index in [1.165, 1.54) is 5.56 Å². The van der Waals surface area contributed by atoms with Crippen molar-refractivity contribution in [1.29, 1.82) is 0 Å². The number of amides is 1. The first-order chi connectivity index (χ1) is 9.26. The molecule has 0 radical (unpaired) electrons. The van der Waals surface area contributed by atoms with Gasteiger partial charge in [0.1, 0.15) is 0 Å². The van der Waals surface area contributed by atoms with Crippen molar-refractivity contribution in [1.82, 2.24) is 15.2 Å². The number of aromatic nitrogens is 1. The minimum absolute atomic E-state index is 0.0784. The predicted molar refractivity (Wildman–Crippen MR) is 74.4 cm³/mol. The number of likely N-dealkylation sites (tertiary alicyclic amines) is 1. The van der Waals surface area contributed by atoms with Gasteiger partial charge in [-0.15, -0.1) is 0 Å². The van der Waals surface area contributed by atoms with E-state index in [1.807, 2.05) is 12.1 Å². The standard InChI is InChI=1S/C14H22N4O/c1-16-14(19)12-3-2-8-18(10-12)13(9-15)11-4-6-17-7-5-11/h4-7,12-13H,2-3,8-10,15H2,1H3,(H,16,19). The van der Waals surface area contributed by atoms with Crippen LogP contribution in [0, 0.1) is 5.92 Å². The number of nitrogens with one attached hydrogen (secondary N) is 1. The maximum Gasteiger partial charge on any atom is 0.224 e. The molecule has 3 N–H and O–H groups in total. The van der Waals surface area contributed by atoms with Crippen molar-refractivity contribution in [3.05, 3.63) is 30.1 Å². The van der Waals surface area contributed by atoms with Crippen LogP contribution in [0.4, 0.5) is 0 Å². The Hall–Kier alpha value is -1.46. The Bertz CT molecular complexity index is 409. The molecule has 19 heavy (non-hydrogen) atoms. The van der Waals surface area contributed by atoms with Gasteiger partial charge in [0.2, 0.25) is 5.91 Å². The van der Waals surface area contributed by atoms with Gasteiger partial charge in [-0.3, -0.25) is 14.7 Å². The fourth-order valence-electron chi connectivity index (χ4n) is 2.79. The number of pyridine rings is 1. The van der Waals surface area contributed by atoms with Crippen LogP contribution in [0.2, 0.25) is 0 Å². The molecule has 1 fully saturated rings. The molecule has 5 nitrogen and oxygen atoms in total. The van der Waals surface area contributed by atoms with Gasteiger partial charge in [-0.05, 0) is 37.1 Å². The van der Waals surface area contributed by atoms with Crippen molar-refractivity contribution < 1.29 is 4.79 Å². The van der Waals surface area contributed by atoms with E-state index in [2.05, 4.69) is 15.2 Å². The molecule has 1 aromatic heterocycles. The van der Waals surface area contributed by atoms with E-state index in [0.29, 0.717) is 6.54 Å². The van der Waals surface area contributed by atoms with E-state index >= 15 is 0 Å². The lowest BCUT2D eigenvalue weighted by Gasteiger charge is -2.37. The average Bonchev–Trinajstić information content (AvgIpc) is 2.48. The van der Waals surface area contributed by atoms with Gasteiger partial charge in [-0.25, -0.2) is 0 Å². The van der Waals surface area contributed by atoms with E-state index in [0.717, 1.165) is 25.9 Å². The van der Waals surface area contributed by atoms with Gasteiger partial charge in [0.15, 0.2) is 0 Å². The van der Waals surface area contributed by atoms with Gasteiger partial charge >= 0.3 is 0 Å². The summed E-state index contributed by atoms with van der Waals surface area (Å²) in [5.41, 5.74) is 7.10. The number of carbonyl (C=O) groups excluding carboxylic acids is 1. The summed E-state index contributed by atoms with van der Waals surface area (Å²) < 4.78 is 0. The molecule has 0 spiro atoms. The molecule has 2 heterocycles. The molecule has 0 aliphatic carbocycles. The van der Waals surface area contributed by atoms with E-state index in [-0.39, 0.29) is 17.9 Å². The number of carbonyl (C=O) groups is 1. The van der Waals surface area contributed by atoms with Crippen LogP contribution in [0.15, 0.2) is 24.5 Å². The van der Waals surface area contributed by atoms with E-state index in [1.54, 1.807) is 19.4 Å². The summed E-state index contributed by atoms with van der Waals surface area (Å²) in [7, 11) is 1.70. The highest BCUT2D eigenvalue weighted by Gasteiger charge is 2.29. The fourth-order valence-corrected chi connectivity index (χ4v) is 2.79. The Morgan fingerprint density at radius 2 is 2.32 bits per heavy atom. The maximum absolute atomic E-state index is 11.8. The second kappa shape index (κ2) is 6.63. The first-order valence-electron chi connectivity index (χ1n) is 6.82. The Morgan fingerprint density at radius 3 is 2.95 bits per heavy atom. The second-order valence-corrected chi connectivity index (χ2v) is 4.98. The van der Waals surface area contributed by atoms with Crippen molar-refractivity contribution in [2.45, 2.75) is 18.9 Å². The van der Waals surface area contributed by atoms with Crippen LogP contribution in [0.5, 0.6) is 0 Å². The molecular weight excluding hydrogens is 240 g/mol. The normalized spacial score (nSPS) is 21.9. The van der Waals surface area contributed by atoms with Gasteiger partial charge in [0, 0.05) is 38.6 Å². The number of hydrogen-bond acceptors (Lipinski definition) is 4. The van der Waals surface area contributed by atoms with E-state index < -0.39 is 0 Å². The largest absolute Gasteiger partial charge is 0.359 e. The fraction of sp³-hybridized carbons (Fsp3) is 0.571. The average molecular weight is 262 g/mol. The number of rotatable bonds is 4. The zero-order chi connectivity index (χ0) is 13.7. The predicted octanol–water partition coefficient (Wildman–Crippen LogP) is 0.539. The summed E-state index contributed by atoms with van der Waals surface area (Å²) >= 11 is 0. The highest BCUT2D eigenvalue weighted by molar-refractivity contribution is 5.78. The Morgan fingerprint density at radius 1 is 1.58 bits per heavy atom. The molecule has 0 saturated carbocycles. The molecule has 1 aliphatic heterocycles. The topological polar surface area (TPSA) is 71.2 Å². The third-order valence-corrected chi connectivity index (χ3v) is 3.82. The van der Waals surface area contributed by atoms with Gasteiger partial charge < -0.3 is 11.1 Å². The SMILES string of the molecule is CNC(=O)C1CCCN(C(CN)c2ccncc2)C1. The summed E-state index contributed by atoms with van der Waals surface area (Å²) in [5.74, 6) is 0.213. The van der Waals surface area contributed by atoms with E-state index in [4.69, 9.17) is 5.73 Å². The van der Waals surface area contributed by atoms with Crippen LogP contribution < -0.4 is 11.1 Å². The Balaban J connectivity index is 2.09. The van der Waals surface area contributed by atoms with Crippen LogP contribution in [0.1, 0.15) is 24.4 Å². The second-order valence-electron chi connectivity index (χ2n) is 4.98. The summed E-state index contributed by atoms with van der Waals surface area (Å²) in [6, 6.07) is 4.18. The molecule has 2 atom stereocenters. The summed E-state index contributed by atoms with van der Waals surface area (Å²) in [6.07, 6.45) is 5.58. The first kappa shape index (κ1) is 14.0. The van der Waals surface area contributed by atoms with Gasteiger partial charge in [-0.1, -0.05) is 0 Å². The molecule has 2 rings (SSSR count). The first-order valence-corrected chi connectivity index (χ1v) is 6.82. The van der Waals surface area contributed by atoms with Crippen molar-refractivity contribution in [2.24, 2.45) is 11.7 Å². The van der Waals surface area contributed by atoms with Crippen molar-refractivity contribution >= 4 is 5.91 Å². The van der Waals surface area contributed by atoms with Crippen molar-refractivity contribution in [2.75, 3.05) is 26.7 Å². The molecule has 1 amide bonds. The lowest BCUT2D eigenvalue weighted by molar-refractivity contribution is -0.126. The molecule has 1 aliphatic rings. The zero-order valence-electron chi connectivity index (χ0n) is 11.4. The van der Waals surface area contributed by atoms with Crippen LogP contribution in [0.25, 0.3) is 0 Å². The molecule has 0 bridgehead atoms. The number of piperidine rings is 1. The van der Waals surface area contributed by atoms with Crippen LogP contribution >= 0.6 is 0 Å². The molecule has 104 valence electrons. The third-order valence-electron chi connectivity index (χ3n) is 3.82. The van der Waals surface area contributed by atoms with Crippen LogP contribution in [-0.2, 0) is 4.79 Å². The van der Waals surface area contributed by atoms with Gasteiger partial charge in [-0.2, -0.15) is 0 Å². The molecule has 0 aromatic carbocycles. The minimum Gasteiger partial charge on any atom is -0.359 e. The Labute approximate surface area is 114 Å². The summed E-state index contributed by atoms with van der Waals surface area (Å²) in [6.45, 7) is 2.34. The lowest BCUT2D eigenvalue weighted by atomic mass is 9.94. The van der Waals surface area contributed by atoms with Crippen molar-refractivity contribution in [3.8, 4) is 0 Å². The molecule has 1 saturated heterocycles. The Kier molecular flexibility index (Phi) is 4.87. The lowest BCUT2D eigenvalue weighted by Crippen LogP contribution is -2.45. The molecule has 5 heteroatoms. The minimum atomic E-state index is 0.0784. The number of nitrogens with zero attached hydrogens (tertiary/aromatic N) is 2. The highest BCUT2D eigenvalue weighted by Crippen LogP contribution is 2.26. The molecule has 2 unspecified atom stereocenters. The molecule has 1 aromatic rings.